The van der Waals surface area contributed by atoms with E-state index in [9.17, 15) is 27.7 Å². The molecular formula is C22H15FN4O4S. The molecule has 3 aromatic carbocycles. The summed E-state index contributed by atoms with van der Waals surface area (Å²) in [5.74, 6) is -0.409. The largest absolute Gasteiger partial charge is 0.316 e. The number of aryl methyl sites for hydroxylation is 1. The highest BCUT2D eigenvalue weighted by atomic mass is 32.2. The van der Waals surface area contributed by atoms with Crippen LogP contribution in [0.25, 0.3) is 22.2 Å². The fourth-order valence-corrected chi connectivity index (χ4v) is 4.64. The Labute approximate surface area is 181 Å². The number of halogens is 1. The van der Waals surface area contributed by atoms with E-state index in [-0.39, 0.29) is 21.7 Å². The average molecular weight is 450 g/mol. The Kier molecular flexibility index (Phi) is 5.12. The molecule has 0 amide bonds. The Bertz CT molecular complexity index is 1630. The third-order valence-corrected chi connectivity index (χ3v) is 6.38. The van der Waals surface area contributed by atoms with Gasteiger partial charge in [0.05, 0.1) is 33.2 Å². The van der Waals surface area contributed by atoms with E-state index in [1.54, 1.807) is 13.0 Å². The number of nitrogens with zero attached hydrogens (tertiary/aromatic N) is 1. The van der Waals surface area contributed by atoms with E-state index < -0.39 is 27.0 Å². The summed E-state index contributed by atoms with van der Waals surface area (Å²) in [7, 11) is -4.09. The summed E-state index contributed by atoms with van der Waals surface area (Å²) in [4.78, 5) is 27.7. The summed E-state index contributed by atoms with van der Waals surface area (Å²) in [5.41, 5.74) is 0.557. The van der Waals surface area contributed by atoms with E-state index in [1.807, 2.05) is 6.07 Å². The third-order valence-electron chi connectivity index (χ3n) is 4.85. The number of hydrogen-bond acceptors (Lipinski definition) is 5. The quantitative estimate of drug-likeness (QED) is 0.411. The fraction of sp³-hybridized carbons (Fsp3) is 0.0455. The second-order valence-electron chi connectivity index (χ2n) is 7.06. The number of benzene rings is 3. The Morgan fingerprint density at radius 3 is 2.19 bits per heavy atom. The summed E-state index contributed by atoms with van der Waals surface area (Å²) >= 11 is 0. The van der Waals surface area contributed by atoms with Crippen LogP contribution in [-0.2, 0) is 10.0 Å². The molecule has 0 saturated heterocycles. The first-order chi connectivity index (χ1) is 15.2. The molecule has 0 atom stereocenters. The van der Waals surface area contributed by atoms with Crippen molar-refractivity contribution in [3.8, 4) is 17.2 Å². The summed E-state index contributed by atoms with van der Waals surface area (Å²) in [6, 6.07) is 14.8. The zero-order valence-corrected chi connectivity index (χ0v) is 17.4. The second-order valence-corrected chi connectivity index (χ2v) is 8.71. The maximum absolute atomic E-state index is 13.2. The smallest absolute Gasteiger partial charge is 0.314 e. The van der Waals surface area contributed by atoms with Gasteiger partial charge in [0.25, 0.3) is 10.0 Å². The van der Waals surface area contributed by atoms with Crippen LogP contribution in [0.3, 0.4) is 0 Å². The molecule has 1 heterocycles. The van der Waals surface area contributed by atoms with Crippen molar-refractivity contribution < 1.29 is 12.8 Å². The molecule has 0 fully saturated rings. The average Bonchev–Trinajstić information content (AvgIpc) is 2.75. The van der Waals surface area contributed by atoms with E-state index in [2.05, 4.69) is 14.7 Å². The van der Waals surface area contributed by atoms with Crippen molar-refractivity contribution in [1.29, 1.82) is 5.26 Å². The van der Waals surface area contributed by atoms with Crippen molar-refractivity contribution in [2.45, 2.75) is 11.8 Å². The second kappa shape index (κ2) is 7.79. The third kappa shape index (κ3) is 3.89. The van der Waals surface area contributed by atoms with Crippen LogP contribution >= 0.6 is 0 Å². The van der Waals surface area contributed by atoms with Crippen molar-refractivity contribution in [2.24, 2.45) is 0 Å². The van der Waals surface area contributed by atoms with Crippen molar-refractivity contribution >= 4 is 26.7 Å². The number of aromatic amines is 2. The molecule has 4 aromatic rings. The van der Waals surface area contributed by atoms with Crippen LogP contribution in [-0.4, -0.2) is 18.4 Å². The van der Waals surface area contributed by atoms with Gasteiger partial charge in [0.1, 0.15) is 5.82 Å². The normalized spacial score (nSPS) is 11.3. The van der Waals surface area contributed by atoms with Crippen LogP contribution in [0.2, 0.25) is 0 Å². The zero-order chi connectivity index (χ0) is 23.0. The highest BCUT2D eigenvalue weighted by Gasteiger charge is 2.19. The molecule has 0 bridgehead atoms. The zero-order valence-electron chi connectivity index (χ0n) is 16.6. The van der Waals surface area contributed by atoms with Gasteiger partial charge in [-0.15, -0.1) is 0 Å². The predicted molar refractivity (Wildman–Crippen MR) is 117 cm³/mol. The lowest BCUT2D eigenvalue weighted by atomic mass is 10.00. The molecule has 0 aliphatic rings. The molecule has 160 valence electrons. The molecule has 32 heavy (non-hydrogen) atoms. The van der Waals surface area contributed by atoms with E-state index in [0.29, 0.717) is 22.2 Å². The number of H-pyrrole nitrogens is 2. The molecule has 3 N–H and O–H groups in total. The first-order valence-electron chi connectivity index (χ1n) is 9.28. The van der Waals surface area contributed by atoms with E-state index in [1.165, 1.54) is 48.5 Å². The molecule has 8 nitrogen and oxygen atoms in total. The van der Waals surface area contributed by atoms with Gasteiger partial charge < -0.3 is 9.97 Å². The summed E-state index contributed by atoms with van der Waals surface area (Å²) in [6.45, 7) is 1.55. The molecule has 0 saturated carbocycles. The number of nitriles is 1. The Hall–Kier alpha value is -4.23. The Morgan fingerprint density at radius 1 is 0.938 bits per heavy atom. The van der Waals surface area contributed by atoms with Crippen LogP contribution in [0.1, 0.15) is 11.1 Å². The minimum atomic E-state index is -4.09. The molecule has 4 rings (SSSR count). The van der Waals surface area contributed by atoms with E-state index in [0.717, 1.165) is 0 Å². The Morgan fingerprint density at radius 2 is 1.56 bits per heavy atom. The molecule has 10 heteroatoms. The minimum Gasteiger partial charge on any atom is -0.316 e. The summed E-state index contributed by atoms with van der Waals surface area (Å²) < 4.78 is 41.6. The molecule has 0 aliphatic carbocycles. The van der Waals surface area contributed by atoms with Gasteiger partial charge in [-0.1, -0.05) is 18.2 Å². The van der Waals surface area contributed by atoms with Crippen molar-refractivity contribution in [3.63, 3.8) is 0 Å². The van der Waals surface area contributed by atoms with Crippen LogP contribution in [0.15, 0.2) is 69.1 Å². The predicted octanol–water partition coefficient (Wildman–Crippen LogP) is 3.00. The van der Waals surface area contributed by atoms with E-state index in [4.69, 9.17) is 0 Å². The Balaban J connectivity index is 1.73. The lowest BCUT2D eigenvalue weighted by Crippen LogP contribution is -2.29. The van der Waals surface area contributed by atoms with Gasteiger partial charge in [0.2, 0.25) is 0 Å². The van der Waals surface area contributed by atoms with E-state index >= 15 is 0 Å². The molecule has 1 aromatic heterocycles. The minimum absolute atomic E-state index is 0.103. The molecule has 0 aliphatic heterocycles. The SMILES string of the molecule is Cc1cc2[nH]c(=O)c(=O)[nH]c2cc1S(=O)(=O)Nc1ccc(-c2ccc(F)cc2)c(C#N)c1. The monoisotopic (exact) mass is 450 g/mol. The number of sulfonamides is 1. The molecule has 0 spiro atoms. The number of fused-ring (bicyclic) bond motifs is 1. The first-order valence-corrected chi connectivity index (χ1v) is 10.8. The molecular weight excluding hydrogens is 435 g/mol. The maximum atomic E-state index is 13.2. The van der Waals surface area contributed by atoms with Crippen molar-refractivity contribution in [2.75, 3.05) is 4.72 Å². The van der Waals surface area contributed by atoms with Gasteiger partial charge in [-0.3, -0.25) is 14.3 Å². The lowest BCUT2D eigenvalue weighted by molar-refractivity contribution is 0.600. The van der Waals surface area contributed by atoms with Gasteiger partial charge >= 0.3 is 11.1 Å². The number of rotatable bonds is 4. The highest BCUT2D eigenvalue weighted by molar-refractivity contribution is 7.92. The van der Waals surface area contributed by atoms with Crippen molar-refractivity contribution in [1.82, 2.24) is 9.97 Å². The van der Waals surface area contributed by atoms with Crippen LogP contribution < -0.4 is 15.8 Å². The number of hydrogen-bond donors (Lipinski definition) is 3. The highest BCUT2D eigenvalue weighted by Crippen LogP contribution is 2.28. The lowest BCUT2D eigenvalue weighted by Gasteiger charge is -2.13. The van der Waals surface area contributed by atoms with Gasteiger partial charge in [0, 0.05) is 0 Å². The van der Waals surface area contributed by atoms with Gasteiger partial charge in [-0.25, -0.2) is 12.8 Å². The van der Waals surface area contributed by atoms with Gasteiger partial charge in [-0.05, 0) is 60.0 Å². The van der Waals surface area contributed by atoms with Crippen LogP contribution in [0, 0.1) is 24.1 Å². The van der Waals surface area contributed by atoms with Gasteiger partial charge in [-0.2, -0.15) is 5.26 Å². The summed E-state index contributed by atoms with van der Waals surface area (Å²) in [6.07, 6.45) is 0. The van der Waals surface area contributed by atoms with Crippen molar-refractivity contribution in [3.05, 3.63) is 92.2 Å². The number of aromatic nitrogens is 2. The first kappa shape index (κ1) is 21.0. The fourth-order valence-electron chi connectivity index (χ4n) is 3.33. The number of anilines is 1. The standard InChI is InChI=1S/C22H15FN4O4S/c1-12-8-18-19(26-22(29)21(28)25-18)10-20(12)32(30,31)27-16-6-7-17(14(9-16)11-24)13-2-4-15(23)5-3-13/h2-10,27H,1H3,(H,25,28)(H,26,29). The number of nitrogens with one attached hydrogen (secondary N) is 3. The topological polar surface area (TPSA) is 136 Å². The maximum Gasteiger partial charge on any atom is 0.314 e. The molecule has 0 unspecified atom stereocenters. The van der Waals surface area contributed by atoms with Crippen LogP contribution in [0.5, 0.6) is 0 Å². The summed E-state index contributed by atoms with van der Waals surface area (Å²) in [5, 5.41) is 9.52. The van der Waals surface area contributed by atoms with Crippen LogP contribution in [0.4, 0.5) is 10.1 Å². The molecule has 0 radical (unpaired) electrons. The van der Waals surface area contributed by atoms with Gasteiger partial charge in [0.15, 0.2) is 0 Å².